The largest absolute Gasteiger partial charge is 0.417 e. The van der Waals surface area contributed by atoms with Gasteiger partial charge in [-0.2, -0.15) is 13.2 Å². The fourth-order valence-electron chi connectivity index (χ4n) is 4.14. The van der Waals surface area contributed by atoms with Gasteiger partial charge in [0.15, 0.2) is 0 Å². The van der Waals surface area contributed by atoms with Crippen molar-refractivity contribution in [3.8, 4) is 11.1 Å². The number of alkyl halides is 3. The quantitative estimate of drug-likeness (QED) is 0.280. The van der Waals surface area contributed by atoms with Crippen LogP contribution >= 0.6 is 0 Å². The van der Waals surface area contributed by atoms with Crippen molar-refractivity contribution in [2.24, 2.45) is 0 Å². The van der Waals surface area contributed by atoms with Gasteiger partial charge in [0.1, 0.15) is 6.33 Å². The highest BCUT2D eigenvalue weighted by atomic mass is 19.4. The summed E-state index contributed by atoms with van der Waals surface area (Å²) in [7, 11) is 0. The fraction of sp³-hybridized carbons (Fsp3) is 0.154. The van der Waals surface area contributed by atoms with Crippen LogP contribution in [0.5, 0.6) is 0 Å². The Bertz CT molecular complexity index is 1410. The second-order valence-corrected chi connectivity index (χ2v) is 7.73. The Hall–Kier alpha value is -3.71. The Morgan fingerprint density at radius 2 is 1.67 bits per heavy atom. The van der Waals surface area contributed by atoms with Gasteiger partial charge in [-0.1, -0.05) is 48.5 Å². The Balaban J connectivity index is 1.58. The molecule has 3 aromatic carbocycles. The summed E-state index contributed by atoms with van der Waals surface area (Å²) in [5, 5.41) is 1.60. The van der Waals surface area contributed by atoms with Crippen molar-refractivity contribution in [1.82, 2.24) is 14.5 Å². The predicted molar refractivity (Wildman–Crippen MR) is 122 cm³/mol. The smallest absolute Gasteiger partial charge is 0.375 e. The molecule has 2 heterocycles. The molecule has 5 aromatic rings. The minimum absolute atomic E-state index is 0.126. The summed E-state index contributed by atoms with van der Waals surface area (Å²) in [4.78, 5) is 8.42. The first-order valence-corrected chi connectivity index (χ1v) is 10.5. The van der Waals surface area contributed by atoms with E-state index in [1.54, 1.807) is 18.3 Å². The zero-order valence-electron chi connectivity index (χ0n) is 17.6. The summed E-state index contributed by atoms with van der Waals surface area (Å²) in [6.07, 6.45) is 0.505. The van der Waals surface area contributed by atoms with Crippen molar-refractivity contribution in [3.63, 3.8) is 0 Å². The Morgan fingerprint density at radius 3 is 2.48 bits per heavy atom. The molecule has 0 unspecified atom stereocenters. The predicted octanol–water partition coefficient (Wildman–Crippen LogP) is 6.49. The number of fused-ring (bicyclic) bond motifs is 3. The molecule has 0 amide bonds. The number of benzene rings is 3. The molecule has 0 N–H and O–H groups in total. The molecule has 0 bridgehead atoms. The minimum atomic E-state index is -4.47. The SMILES string of the molecule is FC(F)(F)c1ccccc1-c1cc2ncncc2c2ccn(CCOCc3ccccc3)c12. The molecule has 0 spiro atoms. The van der Waals surface area contributed by atoms with Gasteiger partial charge < -0.3 is 9.30 Å². The van der Waals surface area contributed by atoms with Crippen LogP contribution in [0.3, 0.4) is 0 Å². The van der Waals surface area contributed by atoms with Crippen molar-refractivity contribution < 1.29 is 17.9 Å². The zero-order chi connectivity index (χ0) is 22.8. The molecule has 0 atom stereocenters. The molecular formula is C26H20F3N3O. The van der Waals surface area contributed by atoms with Crippen LogP contribution in [-0.4, -0.2) is 21.1 Å². The number of ether oxygens (including phenoxy) is 1. The molecule has 0 radical (unpaired) electrons. The van der Waals surface area contributed by atoms with E-state index in [-0.39, 0.29) is 5.56 Å². The van der Waals surface area contributed by atoms with E-state index in [2.05, 4.69) is 9.97 Å². The van der Waals surface area contributed by atoms with Crippen LogP contribution in [0.15, 0.2) is 85.5 Å². The number of nitrogens with zero attached hydrogens (tertiary/aromatic N) is 3. The van der Waals surface area contributed by atoms with Crippen LogP contribution in [0, 0.1) is 0 Å². The average molecular weight is 447 g/mol. The van der Waals surface area contributed by atoms with Crippen LogP contribution in [-0.2, 0) is 24.1 Å². The van der Waals surface area contributed by atoms with Gasteiger partial charge >= 0.3 is 6.18 Å². The maximum Gasteiger partial charge on any atom is 0.417 e. The van der Waals surface area contributed by atoms with Gasteiger partial charge in [0, 0.05) is 35.3 Å². The number of aromatic nitrogens is 3. The maximum atomic E-state index is 13.8. The van der Waals surface area contributed by atoms with E-state index in [1.807, 2.05) is 47.2 Å². The van der Waals surface area contributed by atoms with Gasteiger partial charge in [-0.3, -0.25) is 0 Å². The van der Waals surface area contributed by atoms with Crippen LogP contribution in [0.25, 0.3) is 32.9 Å². The topological polar surface area (TPSA) is 39.9 Å². The van der Waals surface area contributed by atoms with Crippen molar-refractivity contribution in [1.29, 1.82) is 0 Å². The molecular weight excluding hydrogens is 427 g/mol. The van der Waals surface area contributed by atoms with Crippen LogP contribution in [0.4, 0.5) is 13.2 Å². The zero-order valence-corrected chi connectivity index (χ0v) is 17.6. The van der Waals surface area contributed by atoms with Crippen molar-refractivity contribution in [2.75, 3.05) is 6.61 Å². The summed E-state index contributed by atoms with van der Waals surface area (Å²) in [5.74, 6) is 0. The minimum Gasteiger partial charge on any atom is -0.375 e. The average Bonchev–Trinajstić information content (AvgIpc) is 3.26. The highest BCUT2D eigenvalue weighted by molar-refractivity contribution is 6.11. The lowest BCUT2D eigenvalue weighted by Gasteiger charge is -2.16. The number of hydrogen-bond donors (Lipinski definition) is 0. The molecule has 5 rings (SSSR count). The van der Waals surface area contributed by atoms with Crippen molar-refractivity contribution in [2.45, 2.75) is 19.3 Å². The van der Waals surface area contributed by atoms with Gasteiger partial charge in [0.2, 0.25) is 0 Å². The lowest BCUT2D eigenvalue weighted by atomic mass is 9.96. The Labute approximate surface area is 188 Å². The summed E-state index contributed by atoms with van der Waals surface area (Å²) in [6, 6.07) is 19.1. The highest BCUT2D eigenvalue weighted by Gasteiger charge is 2.34. The first kappa shape index (κ1) is 21.2. The normalized spacial score (nSPS) is 12.0. The molecule has 0 aliphatic heterocycles. The van der Waals surface area contributed by atoms with E-state index in [0.717, 1.165) is 22.4 Å². The third-order valence-electron chi connectivity index (χ3n) is 5.64. The third-order valence-corrected chi connectivity index (χ3v) is 5.64. The molecule has 33 heavy (non-hydrogen) atoms. The molecule has 0 fully saturated rings. The number of rotatable bonds is 6. The van der Waals surface area contributed by atoms with E-state index in [4.69, 9.17) is 4.74 Å². The standard InChI is InChI=1S/C26H20F3N3O/c27-26(28,29)23-9-5-4-8-19(23)21-14-24-22(15-30-17-31-24)20-10-11-32(25(20)21)12-13-33-16-18-6-2-1-3-7-18/h1-11,14-15,17H,12-13,16H2. The molecule has 4 nitrogen and oxygen atoms in total. The molecule has 0 aliphatic rings. The van der Waals surface area contributed by atoms with E-state index >= 15 is 0 Å². The Kier molecular flexibility index (Phi) is 5.56. The monoisotopic (exact) mass is 447 g/mol. The van der Waals surface area contributed by atoms with E-state index in [0.29, 0.717) is 36.4 Å². The lowest BCUT2D eigenvalue weighted by molar-refractivity contribution is -0.137. The Morgan fingerprint density at radius 1 is 0.879 bits per heavy atom. The lowest BCUT2D eigenvalue weighted by Crippen LogP contribution is -2.09. The molecule has 7 heteroatoms. The second kappa shape index (κ2) is 8.67. The van der Waals surface area contributed by atoms with E-state index < -0.39 is 11.7 Å². The summed E-state index contributed by atoms with van der Waals surface area (Å²) < 4.78 is 49.3. The molecule has 0 aliphatic carbocycles. The third kappa shape index (κ3) is 4.19. The second-order valence-electron chi connectivity index (χ2n) is 7.73. The molecule has 0 saturated heterocycles. The number of halogens is 3. The fourth-order valence-corrected chi connectivity index (χ4v) is 4.14. The molecule has 0 saturated carbocycles. The van der Waals surface area contributed by atoms with Crippen LogP contribution in [0.1, 0.15) is 11.1 Å². The van der Waals surface area contributed by atoms with Gasteiger partial charge in [-0.05, 0) is 29.3 Å². The molecule has 166 valence electrons. The summed E-state index contributed by atoms with van der Waals surface area (Å²) >= 11 is 0. The summed E-state index contributed by atoms with van der Waals surface area (Å²) in [5.41, 5.74) is 2.31. The first-order valence-electron chi connectivity index (χ1n) is 10.5. The van der Waals surface area contributed by atoms with Gasteiger partial charge in [0.05, 0.1) is 29.8 Å². The van der Waals surface area contributed by atoms with Gasteiger partial charge in [-0.25, -0.2) is 9.97 Å². The van der Waals surface area contributed by atoms with Crippen molar-refractivity contribution in [3.05, 3.63) is 96.6 Å². The van der Waals surface area contributed by atoms with Crippen molar-refractivity contribution >= 4 is 21.8 Å². The molecule has 2 aromatic heterocycles. The first-order chi connectivity index (χ1) is 16.0. The van der Waals surface area contributed by atoms with Crippen LogP contribution < -0.4 is 0 Å². The maximum absolute atomic E-state index is 13.8. The van der Waals surface area contributed by atoms with E-state index in [1.165, 1.54) is 18.5 Å². The van der Waals surface area contributed by atoms with Gasteiger partial charge in [0.25, 0.3) is 0 Å². The number of hydrogen-bond acceptors (Lipinski definition) is 3. The summed E-state index contributed by atoms with van der Waals surface area (Å²) in [6.45, 7) is 1.39. The highest BCUT2D eigenvalue weighted by Crippen LogP contribution is 2.41. The van der Waals surface area contributed by atoms with E-state index in [9.17, 15) is 13.2 Å². The van der Waals surface area contributed by atoms with Crippen LogP contribution in [0.2, 0.25) is 0 Å². The van der Waals surface area contributed by atoms with Gasteiger partial charge in [-0.15, -0.1) is 0 Å².